The van der Waals surface area contributed by atoms with Crippen LogP contribution in [-0.2, 0) is 16.2 Å². The molecule has 1 N–H and O–H groups in total. The smallest absolute Gasteiger partial charge is 0.145 e. The van der Waals surface area contributed by atoms with E-state index in [0.29, 0.717) is 17.9 Å². The van der Waals surface area contributed by atoms with Crippen LogP contribution in [0, 0.1) is 0 Å². The Hall–Kier alpha value is -1.08. The molecule has 25 heavy (non-hydrogen) atoms. The third kappa shape index (κ3) is 5.20. The molecule has 0 bridgehead atoms. The van der Waals surface area contributed by atoms with Crippen molar-refractivity contribution in [2.45, 2.75) is 51.3 Å². The summed E-state index contributed by atoms with van der Waals surface area (Å²) < 4.78 is 13.3. The summed E-state index contributed by atoms with van der Waals surface area (Å²) in [4.78, 5) is 4.51. The third-order valence-electron chi connectivity index (χ3n) is 4.51. The molecular weight excluding hydrogens is 354 g/mol. The van der Waals surface area contributed by atoms with Crippen LogP contribution in [0.3, 0.4) is 0 Å². The van der Waals surface area contributed by atoms with Crippen LogP contribution in [0.4, 0.5) is 5.69 Å². The van der Waals surface area contributed by atoms with Gasteiger partial charge in [0.1, 0.15) is 17.5 Å². The van der Waals surface area contributed by atoms with E-state index >= 15 is 0 Å². The van der Waals surface area contributed by atoms with Gasteiger partial charge in [-0.15, -0.1) is 0 Å². The van der Waals surface area contributed by atoms with E-state index in [-0.39, 0.29) is 0 Å². The highest BCUT2D eigenvalue weighted by atomic mass is 35.5. The summed E-state index contributed by atoms with van der Waals surface area (Å²) in [7, 11) is -1.07. The molecule has 3 heterocycles. The topological polar surface area (TPSA) is 48.3 Å². The molecule has 0 saturated carbocycles. The molecule has 5 nitrogen and oxygen atoms in total. The zero-order chi connectivity index (χ0) is 17.9. The van der Waals surface area contributed by atoms with E-state index in [0.717, 1.165) is 55.4 Å². The molecule has 1 aliphatic rings. The van der Waals surface area contributed by atoms with Crippen LogP contribution < -0.4 is 5.32 Å². The number of anilines is 1. The first kappa shape index (κ1) is 18.7. The van der Waals surface area contributed by atoms with Crippen molar-refractivity contribution in [1.29, 1.82) is 0 Å². The van der Waals surface area contributed by atoms with Crippen LogP contribution in [0.25, 0.3) is 11.0 Å². The van der Waals surface area contributed by atoms with Crippen molar-refractivity contribution in [3.8, 4) is 0 Å². The molecule has 0 amide bonds. The van der Waals surface area contributed by atoms with Gasteiger partial charge in [0.2, 0.25) is 0 Å². The number of nitrogens with one attached hydrogen (secondary N) is 1. The van der Waals surface area contributed by atoms with Crippen LogP contribution in [0.15, 0.2) is 18.3 Å². The van der Waals surface area contributed by atoms with Crippen molar-refractivity contribution < 1.29 is 9.47 Å². The Morgan fingerprint density at radius 1 is 1.36 bits per heavy atom. The highest BCUT2D eigenvalue weighted by molar-refractivity contribution is 6.76. The van der Waals surface area contributed by atoms with Crippen LogP contribution in [0.1, 0.15) is 12.8 Å². The molecule has 0 unspecified atom stereocenters. The van der Waals surface area contributed by atoms with Gasteiger partial charge >= 0.3 is 0 Å². The number of hydrogen-bond acceptors (Lipinski definition) is 4. The van der Waals surface area contributed by atoms with Crippen molar-refractivity contribution >= 4 is 36.4 Å². The lowest BCUT2D eigenvalue weighted by Crippen LogP contribution is -2.27. The van der Waals surface area contributed by atoms with E-state index in [4.69, 9.17) is 21.1 Å². The van der Waals surface area contributed by atoms with Gasteiger partial charge in [-0.25, -0.2) is 4.98 Å². The van der Waals surface area contributed by atoms with E-state index in [9.17, 15) is 0 Å². The van der Waals surface area contributed by atoms with Crippen LogP contribution in [-0.4, -0.2) is 43.5 Å². The van der Waals surface area contributed by atoms with Crippen LogP contribution in [0.5, 0.6) is 0 Å². The maximum Gasteiger partial charge on any atom is 0.145 e. The summed E-state index contributed by atoms with van der Waals surface area (Å²) in [6, 6.07) is 5.58. The minimum Gasteiger partial charge on any atom is -0.381 e. The van der Waals surface area contributed by atoms with Gasteiger partial charge in [-0.05, 0) is 31.0 Å². The highest BCUT2D eigenvalue weighted by Crippen LogP contribution is 2.28. The Morgan fingerprint density at radius 2 is 2.12 bits per heavy atom. The van der Waals surface area contributed by atoms with Gasteiger partial charge in [-0.3, -0.25) is 0 Å². The molecule has 1 aliphatic heterocycles. The van der Waals surface area contributed by atoms with Crippen molar-refractivity contribution in [2.75, 3.05) is 25.1 Å². The zero-order valence-corrected chi connectivity index (χ0v) is 17.1. The van der Waals surface area contributed by atoms with Crippen LogP contribution >= 0.6 is 11.6 Å². The summed E-state index contributed by atoms with van der Waals surface area (Å²) in [6.45, 7) is 10.0. The average molecular weight is 382 g/mol. The fraction of sp³-hybridized carbons (Fsp3) is 0.611. The van der Waals surface area contributed by atoms with Crippen molar-refractivity contribution in [1.82, 2.24) is 9.55 Å². The molecule has 138 valence electrons. The fourth-order valence-corrected chi connectivity index (χ4v) is 3.90. The monoisotopic (exact) mass is 381 g/mol. The molecule has 3 rings (SSSR count). The molecule has 0 atom stereocenters. The molecule has 2 aromatic rings. The molecular formula is C18H28ClN3O2Si. The minimum atomic E-state index is -1.07. The van der Waals surface area contributed by atoms with E-state index in [2.05, 4.69) is 36.0 Å². The number of pyridine rings is 1. The van der Waals surface area contributed by atoms with Crippen molar-refractivity contribution in [2.24, 2.45) is 0 Å². The first-order valence-corrected chi connectivity index (χ1v) is 13.1. The predicted octanol–water partition coefficient (Wildman–Crippen LogP) is 4.59. The number of ether oxygens (including phenoxy) is 2. The van der Waals surface area contributed by atoms with Crippen molar-refractivity contribution in [3.63, 3.8) is 0 Å². The highest BCUT2D eigenvalue weighted by Gasteiger charge is 2.17. The lowest BCUT2D eigenvalue weighted by Gasteiger charge is -2.24. The number of aromatic nitrogens is 2. The molecule has 2 aromatic heterocycles. The van der Waals surface area contributed by atoms with E-state index in [1.165, 1.54) is 0 Å². The second-order valence-electron chi connectivity index (χ2n) is 7.89. The molecule has 1 fully saturated rings. The number of nitrogens with zero attached hydrogens (tertiary/aromatic N) is 2. The molecule has 0 radical (unpaired) electrons. The molecule has 0 aliphatic carbocycles. The maximum atomic E-state index is 6.27. The first-order chi connectivity index (χ1) is 11.9. The lowest BCUT2D eigenvalue weighted by molar-refractivity contribution is 0.0899. The summed E-state index contributed by atoms with van der Waals surface area (Å²) in [5.74, 6) is 0. The van der Waals surface area contributed by atoms with Crippen molar-refractivity contribution in [3.05, 3.63) is 23.5 Å². The second-order valence-corrected chi connectivity index (χ2v) is 13.9. The Morgan fingerprint density at radius 3 is 2.84 bits per heavy atom. The summed E-state index contributed by atoms with van der Waals surface area (Å²) in [5, 5.41) is 5.20. The van der Waals surface area contributed by atoms with Gasteiger partial charge in [0, 0.05) is 51.2 Å². The van der Waals surface area contributed by atoms with Gasteiger partial charge in [-0.2, -0.15) is 0 Å². The quantitative estimate of drug-likeness (QED) is 0.432. The van der Waals surface area contributed by atoms with Gasteiger partial charge < -0.3 is 19.4 Å². The number of hydrogen-bond donors (Lipinski definition) is 1. The van der Waals surface area contributed by atoms with Gasteiger partial charge in [0.15, 0.2) is 0 Å². The summed E-state index contributed by atoms with van der Waals surface area (Å²) in [6.07, 6.45) is 4.06. The SMILES string of the molecule is C[Si](C)(C)CCOCn1ccc2c(NC3CCOCC3)cc(Cl)nc21. The minimum absolute atomic E-state index is 0.423. The Bertz CT molecular complexity index is 708. The summed E-state index contributed by atoms with van der Waals surface area (Å²) in [5.41, 5.74) is 1.91. The Kier molecular flexibility index (Phi) is 6.04. The maximum absolute atomic E-state index is 6.27. The number of fused-ring (bicyclic) bond motifs is 1. The molecule has 1 saturated heterocycles. The molecule has 0 aromatic carbocycles. The predicted molar refractivity (Wildman–Crippen MR) is 106 cm³/mol. The van der Waals surface area contributed by atoms with E-state index < -0.39 is 8.07 Å². The Labute approximate surface area is 155 Å². The second kappa shape index (κ2) is 8.08. The van der Waals surface area contributed by atoms with E-state index in [1.807, 2.05) is 16.8 Å². The standard InChI is InChI=1S/C18H28ClN3O2Si/c1-25(2,3)11-10-24-13-22-7-4-15-16(12-17(19)21-18(15)22)20-14-5-8-23-9-6-14/h4,7,12,14H,5-6,8-11,13H2,1-3H3,(H,20,21). The van der Waals surface area contributed by atoms with Gasteiger partial charge in [0.25, 0.3) is 0 Å². The first-order valence-electron chi connectivity index (χ1n) is 9.00. The normalized spacial score (nSPS) is 16.5. The average Bonchev–Trinajstić information content (AvgIpc) is 2.95. The van der Waals surface area contributed by atoms with E-state index in [1.54, 1.807) is 0 Å². The van der Waals surface area contributed by atoms with Gasteiger partial charge in [-0.1, -0.05) is 31.2 Å². The Balaban J connectivity index is 1.71. The lowest BCUT2D eigenvalue weighted by atomic mass is 10.1. The molecule has 0 spiro atoms. The third-order valence-corrected chi connectivity index (χ3v) is 6.41. The number of rotatable bonds is 7. The van der Waals surface area contributed by atoms with Gasteiger partial charge in [0.05, 0.1) is 0 Å². The molecule has 7 heteroatoms. The fourth-order valence-electron chi connectivity index (χ4n) is 2.96. The largest absolute Gasteiger partial charge is 0.381 e. The summed E-state index contributed by atoms with van der Waals surface area (Å²) >= 11 is 6.27. The van der Waals surface area contributed by atoms with Crippen LogP contribution in [0.2, 0.25) is 30.8 Å². The zero-order valence-electron chi connectivity index (χ0n) is 15.3. The number of halogens is 1.